The van der Waals surface area contributed by atoms with Gasteiger partial charge in [0.25, 0.3) is 0 Å². The number of rotatable bonds is 5. The summed E-state index contributed by atoms with van der Waals surface area (Å²) in [6, 6.07) is 5.50. The molecule has 29 heavy (non-hydrogen) atoms. The molecule has 10 heteroatoms. The third-order valence-electron chi connectivity index (χ3n) is 4.27. The van der Waals surface area contributed by atoms with Gasteiger partial charge in [-0.25, -0.2) is 4.98 Å². The van der Waals surface area contributed by atoms with Crippen LogP contribution < -0.4 is 4.74 Å². The summed E-state index contributed by atoms with van der Waals surface area (Å²) in [5.74, 6) is -0.863. The fourth-order valence-electron chi connectivity index (χ4n) is 3.16. The summed E-state index contributed by atoms with van der Waals surface area (Å²) in [6.45, 7) is 3.75. The van der Waals surface area contributed by atoms with Crippen molar-refractivity contribution in [2.24, 2.45) is 7.05 Å². The van der Waals surface area contributed by atoms with Crippen LogP contribution in [-0.4, -0.2) is 57.0 Å². The molecule has 1 fully saturated rings. The normalized spacial score (nSPS) is 24.0. The molecule has 0 unspecified atom stereocenters. The van der Waals surface area contributed by atoms with Gasteiger partial charge in [0.1, 0.15) is 11.3 Å². The number of hydrogen-bond acceptors (Lipinski definition) is 9. The van der Waals surface area contributed by atoms with Gasteiger partial charge in [-0.05, 0) is 12.1 Å². The first-order valence-corrected chi connectivity index (χ1v) is 10.0. The van der Waals surface area contributed by atoms with Crippen LogP contribution in [0.25, 0.3) is 11.0 Å². The number of aryl methyl sites for hydroxylation is 1. The van der Waals surface area contributed by atoms with E-state index in [1.807, 2.05) is 23.7 Å². The molecule has 1 aromatic carbocycles. The van der Waals surface area contributed by atoms with Crippen molar-refractivity contribution in [2.75, 3.05) is 5.75 Å². The van der Waals surface area contributed by atoms with E-state index < -0.39 is 41.7 Å². The number of ether oxygens (including phenoxy) is 4. The average molecular weight is 422 g/mol. The first-order valence-electron chi connectivity index (χ1n) is 8.96. The van der Waals surface area contributed by atoms with Crippen molar-refractivity contribution in [3.05, 3.63) is 24.5 Å². The van der Waals surface area contributed by atoms with Crippen molar-refractivity contribution in [1.29, 1.82) is 0 Å². The van der Waals surface area contributed by atoms with Gasteiger partial charge in [-0.15, -0.1) is 11.8 Å². The molecular formula is C19H22N2O7S. The van der Waals surface area contributed by atoms with Gasteiger partial charge in [0.15, 0.2) is 23.7 Å². The Morgan fingerprint density at radius 3 is 2.34 bits per heavy atom. The molecule has 1 saturated heterocycles. The first kappa shape index (κ1) is 21.0. The summed E-state index contributed by atoms with van der Waals surface area (Å²) in [7, 11) is 1.87. The Bertz CT molecular complexity index is 928. The monoisotopic (exact) mass is 422 g/mol. The minimum absolute atomic E-state index is 0.304. The summed E-state index contributed by atoms with van der Waals surface area (Å²) in [4.78, 5) is 39.2. The Labute approximate surface area is 171 Å². The Morgan fingerprint density at radius 1 is 1.03 bits per heavy atom. The molecule has 0 N–H and O–H groups in total. The summed E-state index contributed by atoms with van der Waals surface area (Å²) in [5, 5.41) is 0. The highest BCUT2D eigenvalue weighted by atomic mass is 32.2. The van der Waals surface area contributed by atoms with Crippen molar-refractivity contribution >= 4 is 40.7 Å². The summed E-state index contributed by atoms with van der Waals surface area (Å²) in [6.07, 6.45) is -1.06. The summed E-state index contributed by atoms with van der Waals surface area (Å²) >= 11 is 1.30. The number of benzene rings is 1. The molecule has 3 rings (SSSR count). The number of carbonyl (C=O) groups excluding carboxylic acids is 3. The molecule has 0 amide bonds. The predicted molar refractivity (Wildman–Crippen MR) is 104 cm³/mol. The Kier molecular flexibility index (Phi) is 6.31. The predicted octanol–water partition coefficient (Wildman–Crippen LogP) is 1.82. The molecular weight excluding hydrogens is 400 g/mol. The fraction of sp³-hybridized carbons (Fsp3) is 0.474. The maximum Gasteiger partial charge on any atom is 0.303 e. The smallest absolute Gasteiger partial charge is 0.303 e. The third-order valence-corrected chi connectivity index (χ3v) is 5.48. The second kappa shape index (κ2) is 8.73. The first-order chi connectivity index (χ1) is 13.8. The molecule has 1 aromatic heterocycles. The second-order valence-corrected chi connectivity index (χ2v) is 7.73. The van der Waals surface area contributed by atoms with Crippen LogP contribution in [0.5, 0.6) is 5.75 Å². The summed E-state index contributed by atoms with van der Waals surface area (Å²) in [5.41, 5.74) is 0.840. The number of thioether (sulfide) groups is 1. The average Bonchev–Trinajstić information content (AvgIpc) is 3.01. The van der Waals surface area contributed by atoms with Crippen molar-refractivity contribution in [2.45, 2.75) is 44.5 Å². The van der Waals surface area contributed by atoms with E-state index in [9.17, 15) is 14.4 Å². The van der Waals surface area contributed by atoms with Crippen molar-refractivity contribution in [1.82, 2.24) is 9.55 Å². The molecule has 2 heterocycles. The lowest BCUT2D eigenvalue weighted by molar-refractivity contribution is -0.186. The van der Waals surface area contributed by atoms with Crippen LogP contribution in [0.1, 0.15) is 20.8 Å². The lowest BCUT2D eigenvalue weighted by atomic mass is 10.1. The zero-order chi connectivity index (χ0) is 21.1. The van der Waals surface area contributed by atoms with Crippen molar-refractivity contribution in [3.63, 3.8) is 0 Å². The van der Waals surface area contributed by atoms with E-state index in [2.05, 4.69) is 4.98 Å². The number of para-hydroxylation sites is 1. The van der Waals surface area contributed by atoms with E-state index in [1.54, 1.807) is 12.4 Å². The van der Waals surface area contributed by atoms with Crippen molar-refractivity contribution < 1.29 is 33.3 Å². The van der Waals surface area contributed by atoms with E-state index in [0.717, 1.165) is 5.52 Å². The minimum Gasteiger partial charge on any atom is -0.473 e. The SMILES string of the molecule is CC(=O)O[C@@H]1[C@@H](OC(C)=O)[C@@H](Oc2cccc3c2ncn3C)SC[C@H]1OC(C)=O. The third kappa shape index (κ3) is 4.81. The van der Waals surface area contributed by atoms with E-state index >= 15 is 0 Å². The highest BCUT2D eigenvalue weighted by Crippen LogP contribution is 2.35. The highest BCUT2D eigenvalue weighted by Gasteiger charge is 2.47. The van der Waals surface area contributed by atoms with Gasteiger partial charge in [0, 0.05) is 33.6 Å². The second-order valence-electron chi connectivity index (χ2n) is 6.59. The Hall–Kier alpha value is -2.75. The van der Waals surface area contributed by atoms with E-state index in [1.165, 1.54) is 32.5 Å². The number of carbonyl (C=O) groups is 3. The standard InChI is InChI=1S/C19H22N2O7S/c1-10(22)25-15-8-29-19(18(27-12(3)24)17(15)26-11(2)23)28-14-7-5-6-13-16(14)20-9-21(13)4/h5-7,9,15,17-19H,8H2,1-4H3/t15-,17+,18-,19+/m1/s1. The molecule has 4 atom stereocenters. The Morgan fingerprint density at radius 2 is 1.69 bits per heavy atom. The lowest BCUT2D eigenvalue weighted by Gasteiger charge is -2.39. The zero-order valence-electron chi connectivity index (χ0n) is 16.5. The molecule has 1 aliphatic rings. The number of nitrogens with zero attached hydrogens (tertiary/aromatic N) is 2. The van der Waals surface area contributed by atoms with Gasteiger partial charge in [-0.1, -0.05) is 6.07 Å². The molecule has 0 saturated carbocycles. The van der Waals surface area contributed by atoms with Crippen LogP contribution in [0.2, 0.25) is 0 Å². The number of fused-ring (bicyclic) bond motifs is 1. The van der Waals surface area contributed by atoms with Crippen LogP contribution in [0.3, 0.4) is 0 Å². The molecule has 1 aliphatic heterocycles. The van der Waals surface area contributed by atoms with E-state index in [-0.39, 0.29) is 0 Å². The number of hydrogen-bond donors (Lipinski definition) is 0. The molecule has 0 bridgehead atoms. The lowest BCUT2D eigenvalue weighted by Crippen LogP contribution is -2.55. The largest absolute Gasteiger partial charge is 0.473 e. The van der Waals surface area contributed by atoms with Gasteiger partial charge in [0.2, 0.25) is 0 Å². The molecule has 0 aliphatic carbocycles. The van der Waals surface area contributed by atoms with Crippen LogP contribution in [0.4, 0.5) is 0 Å². The van der Waals surface area contributed by atoms with E-state index in [0.29, 0.717) is 17.0 Å². The topological polar surface area (TPSA) is 106 Å². The molecule has 9 nitrogen and oxygen atoms in total. The zero-order valence-corrected chi connectivity index (χ0v) is 17.3. The van der Waals surface area contributed by atoms with Gasteiger partial charge >= 0.3 is 17.9 Å². The number of imidazole rings is 1. The fourth-order valence-corrected chi connectivity index (χ4v) is 4.37. The van der Waals surface area contributed by atoms with Gasteiger partial charge in [0.05, 0.1) is 11.8 Å². The van der Waals surface area contributed by atoms with E-state index in [4.69, 9.17) is 18.9 Å². The molecule has 2 aromatic rings. The van der Waals surface area contributed by atoms with Gasteiger partial charge in [-0.2, -0.15) is 0 Å². The Balaban J connectivity index is 1.92. The van der Waals surface area contributed by atoms with Crippen LogP contribution in [0, 0.1) is 0 Å². The van der Waals surface area contributed by atoms with Gasteiger partial charge < -0.3 is 23.5 Å². The molecule has 0 spiro atoms. The van der Waals surface area contributed by atoms with Crippen LogP contribution >= 0.6 is 11.8 Å². The van der Waals surface area contributed by atoms with Gasteiger partial charge in [-0.3, -0.25) is 14.4 Å². The van der Waals surface area contributed by atoms with Crippen LogP contribution in [0.15, 0.2) is 24.5 Å². The molecule has 0 radical (unpaired) electrons. The van der Waals surface area contributed by atoms with Crippen molar-refractivity contribution in [3.8, 4) is 5.75 Å². The molecule has 156 valence electrons. The summed E-state index contributed by atoms with van der Waals surface area (Å²) < 4.78 is 24.1. The number of aromatic nitrogens is 2. The van der Waals surface area contributed by atoms with Crippen LogP contribution in [-0.2, 0) is 35.6 Å². The quantitative estimate of drug-likeness (QED) is 0.527. The number of esters is 3. The minimum atomic E-state index is -0.991. The maximum atomic E-state index is 11.7. The highest BCUT2D eigenvalue weighted by molar-refractivity contribution is 7.99. The maximum absolute atomic E-state index is 11.7.